The maximum atomic E-state index is 12.9. The van der Waals surface area contributed by atoms with E-state index < -0.39 is 26.5 Å². The molecule has 0 aromatic rings. The summed E-state index contributed by atoms with van der Waals surface area (Å²) in [6, 6.07) is 0. The van der Waals surface area contributed by atoms with Crippen LogP contribution in [0.5, 0.6) is 0 Å². The van der Waals surface area contributed by atoms with E-state index in [-0.39, 0.29) is 32.0 Å². The normalized spacial score (nSPS) is 14.1. The number of likely N-dealkylation sites (N-methyl/N-ethyl adjacent to an activating group) is 1. The summed E-state index contributed by atoms with van der Waals surface area (Å²) in [7, 11) is 1.45. The van der Waals surface area contributed by atoms with E-state index >= 15 is 0 Å². The Morgan fingerprint density at radius 3 is 0.976 bits per heavy atom. The average Bonchev–Trinajstić information content (AvgIpc) is 3.46. The summed E-state index contributed by atoms with van der Waals surface area (Å²) in [6.07, 6.45) is 89.7. The summed E-state index contributed by atoms with van der Waals surface area (Å²) in [4.78, 5) is 35.8. The average molecular weight is 1160 g/mol. The molecule has 9 nitrogen and oxygen atoms in total. The number of quaternary nitrogens is 1. The van der Waals surface area contributed by atoms with Gasteiger partial charge in [-0.3, -0.25) is 18.6 Å². The molecule has 10 heteroatoms. The third kappa shape index (κ3) is 65.3. The minimum atomic E-state index is -4.40. The molecular formula is C72H123NO8P+. The van der Waals surface area contributed by atoms with Crippen molar-refractivity contribution in [1.29, 1.82) is 0 Å². The predicted octanol–water partition coefficient (Wildman–Crippen LogP) is 21.3. The van der Waals surface area contributed by atoms with Crippen molar-refractivity contribution in [2.24, 2.45) is 0 Å². The first-order chi connectivity index (χ1) is 40.0. The number of allylic oxidation sites excluding steroid dienone is 22. The van der Waals surface area contributed by atoms with E-state index in [1.807, 2.05) is 21.1 Å². The molecule has 2 unspecified atom stereocenters. The molecule has 0 heterocycles. The van der Waals surface area contributed by atoms with Gasteiger partial charge in [0.2, 0.25) is 0 Å². The maximum Gasteiger partial charge on any atom is 0.472 e. The molecule has 0 rings (SSSR count). The second-order valence-corrected chi connectivity index (χ2v) is 24.2. The van der Waals surface area contributed by atoms with Gasteiger partial charge in [-0.2, -0.15) is 0 Å². The highest BCUT2D eigenvalue weighted by Gasteiger charge is 2.27. The number of phosphoric ester groups is 1. The molecule has 0 aliphatic carbocycles. The predicted molar refractivity (Wildman–Crippen MR) is 353 cm³/mol. The molecule has 1 N–H and O–H groups in total. The Bertz CT molecular complexity index is 1850. The molecule has 0 aromatic heterocycles. The van der Waals surface area contributed by atoms with Gasteiger partial charge in [-0.25, -0.2) is 4.57 Å². The summed E-state index contributed by atoms with van der Waals surface area (Å²) < 4.78 is 34.7. The molecule has 468 valence electrons. The fourth-order valence-electron chi connectivity index (χ4n) is 8.69. The van der Waals surface area contributed by atoms with E-state index in [2.05, 4.69) is 148 Å². The minimum Gasteiger partial charge on any atom is -0.462 e. The number of phosphoric acid groups is 1. The number of ether oxygens (including phenoxy) is 2. The number of nitrogens with zero attached hydrogens (tertiary/aromatic N) is 1. The van der Waals surface area contributed by atoms with Gasteiger partial charge in [0.05, 0.1) is 27.7 Å². The van der Waals surface area contributed by atoms with Gasteiger partial charge < -0.3 is 18.9 Å². The first kappa shape index (κ1) is 78.1. The molecule has 0 saturated carbocycles. The summed E-state index contributed by atoms with van der Waals surface area (Å²) in [5.74, 6) is -0.822. The van der Waals surface area contributed by atoms with Gasteiger partial charge in [-0.15, -0.1) is 0 Å². The number of hydrogen-bond donors (Lipinski definition) is 1. The molecule has 0 aliphatic heterocycles. The van der Waals surface area contributed by atoms with E-state index in [1.54, 1.807) is 0 Å². The first-order valence-electron chi connectivity index (χ1n) is 32.9. The Kier molecular flexibility index (Phi) is 58.8. The van der Waals surface area contributed by atoms with Crippen molar-refractivity contribution in [3.05, 3.63) is 134 Å². The minimum absolute atomic E-state index is 0.0215. The van der Waals surface area contributed by atoms with Gasteiger partial charge in [0, 0.05) is 12.8 Å². The largest absolute Gasteiger partial charge is 0.472 e. The van der Waals surface area contributed by atoms with Gasteiger partial charge in [0.25, 0.3) is 0 Å². The van der Waals surface area contributed by atoms with Crippen LogP contribution < -0.4 is 0 Å². The van der Waals surface area contributed by atoms with Crippen molar-refractivity contribution in [3.63, 3.8) is 0 Å². The van der Waals surface area contributed by atoms with Crippen LogP contribution in [0.1, 0.15) is 258 Å². The van der Waals surface area contributed by atoms with Crippen molar-refractivity contribution in [2.75, 3.05) is 47.5 Å². The third-order valence-corrected chi connectivity index (χ3v) is 14.7. The highest BCUT2D eigenvalue weighted by Crippen LogP contribution is 2.43. The van der Waals surface area contributed by atoms with Crippen LogP contribution in [0.3, 0.4) is 0 Å². The highest BCUT2D eigenvalue weighted by molar-refractivity contribution is 7.47. The van der Waals surface area contributed by atoms with E-state index in [0.717, 1.165) is 122 Å². The summed E-state index contributed by atoms with van der Waals surface area (Å²) in [6.45, 7) is 4.19. The molecule has 0 saturated heterocycles. The molecule has 0 bridgehead atoms. The summed E-state index contributed by atoms with van der Waals surface area (Å²) >= 11 is 0. The maximum absolute atomic E-state index is 12.9. The van der Waals surface area contributed by atoms with Crippen LogP contribution >= 0.6 is 7.82 Å². The molecule has 0 aromatic carbocycles. The SMILES string of the molecule is CC/C=C\C/C=C\C/C=C\C/C=C\C/C=C\C/C=C\C/C=C\CCCCCCCC(=O)OC(COC(=O)CCCCCCCCCCCCCCCCCCCC/C=C\C/C=C\C/C=C\C/C=C\CC)COP(=O)(O)OCC[N+](C)(C)C. The van der Waals surface area contributed by atoms with Crippen molar-refractivity contribution in [3.8, 4) is 0 Å². The Balaban J connectivity index is 4.14. The van der Waals surface area contributed by atoms with Crippen LogP contribution in [-0.4, -0.2) is 74.9 Å². The van der Waals surface area contributed by atoms with E-state index in [4.69, 9.17) is 18.5 Å². The number of carbonyl (C=O) groups excluding carboxylic acids is 2. The topological polar surface area (TPSA) is 108 Å². The quantitative estimate of drug-likeness (QED) is 0.0211. The van der Waals surface area contributed by atoms with E-state index in [9.17, 15) is 19.0 Å². The highest BCUT2D eigenvalue weighted by atomic mass is 31.2. The van der Waals surface area contributed by atoms with Crippen LogP contribution in [0, 0.1) is 0 Å². The zero-order valence-corrected chi connectivity index (χ0v) is 54.1. The smallest absolute Gasteiger partial charge is 0.462 e. The molecule has 0 amide bonds. The van der Waals surface area contributed by atoms with Crippen LogP contribution in [0.15, 0.2) is 134 Å². The van der Waals surface area contributed by atoms with E-state index in [1.165, 1.54) is 103 Å². The summed E-state index contributed by atoms with van der Waals surface area (Å²) in [5, 5.41) is 0. The molecular weight excluding hydrogens is 1040 g/mol. The second kappa shape index (κ2) is 61.7. The monoisotopic (exact) mass is 1160 g/mol. The third-order valence-electron chi connectivity index (χ3n) is 13.7. The van der Waals surface area contributed by atoms with Crippen LogP contribution in [0.25, 0.3) is 0 Å². The Morgan fingerprint density at radius 2 is 0.659 bits per heavy atom. The zero-order valence-electron chi connectivity index (χ0n) is 53.2. The molecule has 0 radical (unpaired) electrons. The summed E-state index contributed by atoms with van der Waals surface area (Å²) in [5.41, 5.74) is 0. The number of rotatable bonds is 59. The van der Waals surface area contributed by atoms with Crippen LogP contribution in [0.4, 0.5) is 0 Å². The number of hydrogen-bond acceptors (Lipinski definition) is 7. The van der Waals surface area contributed by atoms with Gasteiger partial charge in [-0.05, 0) is 109 Å². The van der Waals surface area contributed by atoms with Gasteiger partial charge in [-0.1, -0.05) is 270 Å². The zero-order chi connectivity index (χ0) is 59.8. The molecule has 82 heavy (non-hydrogen) atoms. The van der Waals surface area contributed by atoms with Gasteiger partial charge in [0.15, 0.2) is 6.10 Å². The van der Waals surface area contributed by atoms with Crippen molar-refractivity contribution < 1.29 is 42.1 Å². The van der Waals surface area contributed by atoms with Crippen molar-refractivity contribution in [2.45, 2.75) is 264 Å². The Morgan fingerprint density at radius 1 is 0.378 bits per heavy atom. The lowest BCUT2D eigenvalue weighted by atomic mass is 10.0. The molecule has 0 spiro atoms. The first-order valence-corrected chi connectivity index (χ1v) is 34.4. The Labute approximate surface area is 504 Å². The van der Waals surface area contributed by atoms with Crippen LogP contribution in [0.2, 0.25) is 0 Å². The number of esters is 2. The van der Waals surface area contributed by atoms with Crippen molar-refractivity contribution in [1.82, 2.24) is 0 Å². The van der Waals surface area contributed by atoms with Crippen LogP contribution in [-0.2, 0) is 32.7 Å². The van der Waals surface area contributed by atoms with Crippen molar-refractivity contribution >= 4 is 19.8 Å². The lowest BCUT2D eigenvalue weighted by Crippen LogP contribution is -2.37. The molecule has 0 fully saturated rings. The lowest BCUT2D eigenvalue weighted by molar-refractivity contribution is -0.870. The number of unbranched alkanes of at least 4 members (excludes halogenated alkanes) is 23. The molecule has 0 aliphatic rings. The fourth-order valence-corrected chi connectivity index (χ4v) is 9.44. The lowest BCUT2D eigenvalue weighted by Gasteiger charge is -2.24. The number of carbonyl (C=O) groups is 2. The standard InChI is InChI=1S/C72H122NO8P/c1-6-8-10-12-14-16-18-20-22-24-26-28-30-32-34-35-36-37-39-40-42-44-46-48-50-52-54-56-58-60-62-64-71(74)78-68-70(69-80-82(76,77)79-67-66-73(3,4)5)81-72(75)65-63-61-59-57-55-53-51-49-47-45-43-41-38-33-31-29-27-25-23-21-19-17-15-13-11-9-7-2/h8-11,14-17,20-23,26-29,33,38,43,45,49,51,70H,6-7,12-13,18-19,24-25,30-32,34-37,39-42,44,46-48,50,52-69H2,1-5H3/p+1/b10-8-,11-9-,16-14-,17-15-,22-20-,23-21-,28-26-,29-27-,38-33-,45-43-,51-49-. The van der Waals surface area contributed by atoms with E-state index in [0.29, 0.717) is 17.4 Å². The second-order valence-electron chi connectivity index (χ2n) is 22.7. The molecule has 2 atom stereocenters. The van der Waals surface area contributed by atoms with Gasteiger partial charge >= 0.3 is 19.8 Å². The van der Waals surface area contributed by atoms with Gasteiger partial charge in [0.1, 0.15) is 19.8 Å². The fraction of sp³-hybridized carbons (Fsp3) is 0.667. The Hall–Kier alpha value is -3.85.